The van der Waals surface area contributed by atoms with Crippen LogP contribution in [0.1, 0.15) is 0 Å². The number of pyridine rings is 2. The third-order valence-corrected chi connectivity index (χ3v) is 6.64. The second-order valence-corrected chi connectivity index (χ2v) is 8.84. The summed E-state index contributed by atoms with van der Waals surface area (Å²) >= 11 is 0. The van der Waals surface area contributed by atoms with Gasteiger partial charge in [-0.2, -0.15) is 0 Å². The molecule has 4 heteroatoms. The van der Waals surface area contributed by atoms with Crippen LogP contribution in [0.15, 0.2) is 126 Å². The van der Waals surface area contributed by atoms with E-state index < -0.39 is 0 Å². The quantitative estimate of drug-likeness (QED) is 0.137. The molecule has 0 atom stereocenters. The molecule has 0 unspecified atom stereocenters. The average Bonchev–Trinajstić information content (AvgIpc) is 3.38. The van der Waals surface area contributed by atoms with Gasteiger partial charge in [-0.25, -0.2) is 0 Å². The van der Waals surface area contributed by atoms with E-state index in [9.17, 15) is 0 Å². The van der Waals surface area contributed by atoms with E-state index >= 15 is 0 Å². The monoisotopic (exact) mass is 665 g/mol. The molecule has 1 radical (unpaired) electrons. The molecule has 0 saturated carbocycles. The number of furan rings is 1. The normalized spacial score (nSPS) is 10.9. The van der Waals surface area contributed by atoms with Gasteiger partial charge >= 0.3 is 0 Å². The van der Waals surface area contributed by atoms with Crippen LogP contribution in [0.2, 0.25) is 0 Å². The summed E-state index contributed by atoms with van der Waals surface area (Å²) in [6.45, 7) is 0. The summed E-state index contributed by atoms with van der Waals surface area (Å²) < 4.78 is 5.93. The molecule has 0 spiro atoms. The molecule has 3 nitrogen and oxygen atoms in total. The van der Waals surface area contributed by atoms with Gasteiger partial charge in [-0.15, -0.1) is 65.0 Å². The number of rotatable bonds is 2. The van der Waals surface area contributed by atoms with Gasteiger partial charge < -0.3 is 14.4 Å². The number of hydrogen-bond donors (Lipinski definition) is 0. The van der Waals surface area contributed by atoms with E-state index in [-0.39, 0.29) is 20.1 Å². The molecule has 0 saturated heterocycles. The molecule has 8 rings (SSSR count). The Kier molecular flexibility index (Phi) is 6.43. The van der Waals surface area contributed by atoms with Crippen molar-refractivity contribution in [3.63, 3.8) is 0 Å². The molecule has 0 bridgehead atoms. The Morgan fingerprint density at radius 1 is 0.579 bits per heavy atom. The van der Waals surface area contributed by atoms with E-state index in [2.05, 4.69) is 58.5 Å². The van der Waals surface area contributed by atoms with Gasteiger partial charge in [-0.1, -0.05) is 60.0 Å². The molecular weight excluding hydrogens is 645 g/mol. The number of benzene rings is 5. The van der Waals surface area contributed by atoms with Crippen LogP contribution in [0, 0.1) is 12.1 Å². The van der Waals surface area contributed by atoms with E-state index in [0.717, 1.165) is 38.7 Å². The summed E-state index contributed by atoms with van der Waals surface area (Å²) in [5.41, 5.74) is 7.18. The smallest absolute Gasteiger partial charge is 0.134 e. The van der Waals surface area contributed by atoms with Crippen molar-refractivity contribution in [2.75, 3.05) is 0 Å². The van der Waals surface area contributed by atoms with Crippen molar-refractivity contribution >= 4 is 43.6 Å². The molecule has 3 heterocycles. The third kappa shape index (κ3) is 4.14. The zero-order valence-corrected chi connectivity index (χ0v) is 22.6. The van der Waals surface area contributed by atoms with Crippen molar-refractivity contribution < 1.29 is 24.5 Å². The van der Waals surface area contributed by atoms with Gasteiger partial charge in [0.1, 0.15) is 11.2 Å². The van der Waals surface area contributed by atoms with Crippen LogP contribution in [-0.2, 0) is 20.1 Å². The first kappa shape index (κ1) is 24.0. The second kappa shape index (κ2) is 10.2. The molecule has 0 aliphatic carbocycles. The first-order chi connectivity index (χ1) is 18.4. The van der Waals surface area contributed by atoms with Gasteiger partial charge in [0.05, 0.1) is 0 Å². The molecule has 0 aliphatic heterocycles. The van der Waals surface area contributed by atoms with Crippen LogP contribution in [0.5, 0.6) is 0 Å². The van der Waals surface area contributed by atoms with Crippen LogP contribution in [0.4, 0.5) is 0 Å². The van der Waals surface area contributed by atoms with E-state index in [4.69, 9.17) is 4.42 Å². The summed E-state index contributed by atoms with van der Waals surface area (Å²) in [5.74, 6) is 0. The minimum atomic E-state index is 0. The van der Waals surface area contributed by atoms with Gasteiger partial charge in [0.25, 0.3) is 0 Å². The summed E-state index contributed by atoms with van der Waals surface area (Å²) in [6, 6.07) is 43.1. The van der Waals surface area contributed by atoms with Crippen LogP contribution in [0.3, 0.4) is 0 Å². The Bertz CT molecular complexity index is 1840. The SMILES string of the molecule is [Ir].[c-]1ccc(-c2ccccc2)cc1-c1ccccn1.[c-]1cccc2c1c1nccc3oc4cccc2c4c31. The number of fused-ring (bicyclic) bond motifs is 3. The summed E-state index contributed by atoms with van der Waals surface area (Å²) in [4.78, 5) is 8.89. The molecule has 3 aromatic heterocycles. The Morgan fingerprint density at radius 2 is 1.42 bits per heavy atom. The number of hydrogen-bond acceptors (Lipinski definition) is 3. The topological polar surface area (TPSA) is 38.9 Å². The number of aromatic nitrogens is 2. The Morgan fingerprint density at radius 3 is 2.29 bits per heavy atom. The average molecular weight is 665 g/mol. The van der Waals surface area contributed by atoms with Crippen LogP contribution in [0.25, 0.3) is 66.0 Å². The molecule has 0 aliphatic rings. The van der Waals surface area contributed by atoms with Crippen LogP contribution >= 0.6 is 0 Å². The van der Waals surface area contributed by atoms with Crippen molar-refractivity contribution in [1.29, 1.82) is 0 Å². The molecule has 0 fully saturated rings. The predicted molar refractivity (Wildman–Crippen MR) is 150 cm³/mol. The Balaban J connectivity index is 0.000000136. The maximum Gasteiger partial charge on any atom is 0.134 e. The van der Waals surface area contributed by atoms with Gasteiger partial charge in [0, 0.05) is 48.8 Å². The fraction of sp³-hybridized carbons (Fsp3) is 0. The number of nitrogens with zero attached hydrogens (tertiary/aromatic N) is 2. The van der Waals surface area contributed by atoms with Crippen molar-refractivity contribution in [1.82, 2.24) is 9.97 Å². The van der Waals surface area contributed by atoms with Crippen molar-refractivity contribution in [3.8, 4) is 22.4 Å². The minimum Gasteiger partial charge on any atom is -0.457 e. The molecule has 0 amide bonds. The minimum absolute atomic E-state index is 0. The largest absolute Gasteiger partial charge is 0.457 e. The van der Waals surface area contributed by atoms with Crippen LogP contribution in [-0.4, -0.2) is 9.97 Å². The molecular formula is C34H20IrN2O-2. The fourth-order valence-corrected chi connectivity index (χ4v) is 4.98. The van der Waals surface area contributed by atoms with Gasteiger partial charge in [0.2, 0.25) is 0 Å². The molecule has 38 heavy (non-hydrogen) atoms. The molecule has 183 valence electrons. The molecule has 8 aromatic rings. The van der Waals surface area contributed by atoms with Gasteiger partial charge in [0.15, 0.2) is 0 Å². The Labute approximate surface area is 233 Å². The van der Waals surface area contributed by atoms with E-state index in [0.29, 0.717) is 0 Å². The van der Waals surface area contributed by atoms with Crippen molar-refractivity contribution in [2.24, 2.45) is 0 Å². The third-order valence-electron chi connectivity index (χ3n) is 6.64. The van der Waals surface area contributed by atoms with Crippen molar-refractivity contribution in [3.05, 3.63) is 134 Å². The molecule has 0 N–H and O–H groups in total. The zero-order valence-electron chi connectivity index (χ0n) is 20.2. The first-order valence-corrected chi connectivity index (χ1v) is 12.2. The van der Waals surface area contributed by atoms with E-state index in [1.165, 1.54) is 27.3 Å². The standard InChI is InChI=1S/C17H8NO.C17H12N.Ir/c1-2-5-12-10(4-1)11-6-3-7-13-15(11)16-14(19-13)8-9-18-17(12)16;1-2-7-14(8-3-1)15-9-6-10-16(13-15)17-11-4-5-12-18-17;/h1-4,6-9H;1-9,11-13H;/q2*-1;. The summed E-state index contributed by atoms with van der Waals surface area (Å²) in [5, 5.41) is 5.75. The van der Waals surface area contributed by atoms with E-state index in [1.807, 2.05) is 72.8 Å². The summed E-state index contributed by atoms with van der Waals surface area (Å²) in [6.07, 6.45) is 3.61. The Hall–Kier alpha value is -4.37. The van der Waals surface area contributed by atoms with Crippen LogP contribution < -0.4 is 0 Å². The predicted octanol–water partition coefficient (Wildman–Crippen LogP) is 8.74. The molecule has 5 aromatic carbocycles. The fourth-order valence-electron chi connectivity index (χ4n) is 4.98. The maximum absolute atomic E-state index is 5.93. The second-order valence-electron chi connectivity index (χ2n) is 8.84. The summed E-state index contributed by atoms with van der Waals surface area (Å²) in [7, 11) is 0. The van der Waals surface area contributed by atoms with Gasteiger partial charge in [-0.3, -0.25) is 0 Å². The van der Waals surface area contributed by atoms with Crippen molar-refractivity contribution in [2.45, 2.75) is 0 Å². The maximum atomic E-state index is 5.93. The van der Waals surface area contributed by atoms with Gasteiger partial charge in [-0.05, 0) is 34.8 Å². The first-order valence-electron chi connectivity index (χ1n) is 12.2. The van der Waals surface area contributed by atoms with E-state index in [1.54, 1.807) is 12.4 Å². The zero-order chi connectivity index (χ0) is 24.6.